The molecule has 42 heavy (non-hydrogen) atoms. The summed E-state index contributed by atoms with van der Waals surface area (Å²) in [6, 6.07) is 10.4. The molecule has 220 valence electrons. The number of fused-ring (bicyclic) bond motifs is 5. The fourth-order valence-electron chi connectivity index (χ4n) is 7.22. The number of alkyl halides is 6. The third-order valence-corrected chi connectivity index (χ3v) is 9.05. The first-order valence-corrected chi connectivity index (χ1v) is 14.1. The highest BCUT2D eigenvalue weighted by atomic mass is 19.4. The van der Waals surface area contributed by atoms with E-state index in [9.17, 15) is 31.1 Å². The Balaban J connectivity index is 1.50. The van der Waals surface area contributed by atoms with Crippen molar-refractivity contribution in [2.45, 2.75) is 62.4 Å². The molecule has 1 spiro atoms. The molecule has 0 radical (unpaired) electrons. The van der Waals surface area contributed by atoms with E-state index in [1.807, 2.05) is 12.1 Å². The van der Waals surface area contributed by atoms with Crippen molar-refractivity contribution in [1.29, 1.82) is 0 Å². The Morgan fingerprint density at radius 2 is 1.64 bits per heavy atom. The van der Waals surface area contributed by atoms with Crippen LogP contribution in [0.1, 0.15) is 59.1 Å². The number of carbonyl (C=O) groups excluding carboxylic acids is 1. The molecule has 0 saturated carbocycles. The van der Waals surface area contributed by atoms with E-state index in [-0.39, 0.29) is 35.7 Å². The minimum absolute atomic E-state index is 0.135. The number of ether oxygens (including phenoxy) is 2. The molecule has 1 amide bonds. The first kappa shape index (κ1) is 27.3. The summed E-state index contributed by atoms with van der Waals surface area (Å²) in [7, 11) is 0. The molecule has 1 aliphatic carbocycles. The molecule has 10 heteroatoms. The van der Waals surface area contributed by atoms with Gasteiger partial charge in [-0.25, -0.2) is 0 Å². The van der Waals surface area contributed by atoms with Crippen molar-refractivity contribution in [3.8, 4) is 16.9 Å². The van der Waals surface area contributed by atoms with Gasteiger partial charge in [-0.05, 0) is 90.3 Å². The van der Waals surface area contributed by atoms with Gasteiger partial charge in [0.2, 0.25) is 5.91 Å². The highest BCUT2D eigenvalue weighted by Gasteiger charge is 2.55. The Hall–Kier alpha value is -3.53. The zero-order valence-electron chi connectivity index (χ0n) is 22.5. The number of nitrogens with zero attached hydrogens (tertiary/aromatic N) is 1. The lowest BCUT2D eigenvalue weighted by atomic mass is 9.64. The molecular formula is C32H27F6NO3. The molecule has 1 unspecified atom stereocenters. The number of carbonyl (C=O) groups is 1. The minimum Gasteiger partial charge on any atom is -0.493 e. The Kier molecular flexibility index (Phi) is 6.17. The van der Waals surface area contributed by atoms with Crippen molar-refractivity contribution in [3.63, 3.8) is 0 Å². The second kappa shape index (κ2) is 9.49. The minimum atomic E-state index is -4.99. The number of hydrogen-bond donors (Lipinski definition) is 0. The molecule has 3 aromatic rings. The van der Waals surface area contributed by atoms with E-state index < -0.39 is 28.9 Å². The number of rotatable bonds is 3. The van der Waals surface area contributed by atoms with E-state index in [2.05, 4.69) is 0 Å². The standard InChI is InChI=1S/C32H27F6NO3/c33-31(34,35)21-12-20(13-22(16-21)32(36,37)38)24-6-1-7-26-28(24)30(29(40)39(26)17-23-5-3-10-41-23)9-2-4-18-15-27-19(8-11-42-27)14-25(18)30/h1,6-7,12-16,23H,2-5,8-11,17H2/t23-,30?/m1/s1. The molecule has 1 fully saturated rings. The van der Waals surface area contributed by atoms with Gasteiger partial charge in [-0.1, -0.05) is 18.2 Å². The first-order valence-electron chi connectivity index (χ1n) is 14.1. The lowest BCUT2D eigenvalue weighted by Crippen LogP contribution is -2.45. The highest BCUT2D eigenvalue weighted by Crippen LogP contribution is 2.56. The Bertz CT molecular complexity index is 1560. The van der Waals surface area contributed by atoms with Crippen LogP contribution in [-0.2, 0) is 40.1 Å². The summed E-state index contributed by atoms with van der Waals surface area (Å²) in [6.07, 6.45) is -6.24. The Labute approximate surface area is 238 Å². The molecule has 0 aromatic heterocycles. The molecule has 3 heterocycles. The van der Waals surface area contributed by atoms with Crippen LogP contribution in [0.25, 0.3) is 11.1 Å². The molecule has 3 aromatic carbocycles. The summed E-state index contributed by atoms with van der Waals surface area (Å²) in [6.45, 7) is 1.34. The molecule has 7 rings (SSSR count). The van der Waals surface area contributed by atoms with Gasteiger partial charge in [0.1, 0.15) is 11.2 Å². The van der Waals surface area contributed by atoms with Gasteiger partial charge in [-0.2, -0.15) is 26.3 Å². The maximum Gasteiger partial charge on any atom is 0.416 e. The van der Waals surface area contributed by atoms with Gasteiger partial charge >= 0.3 is 12.4 Å². The van der Waals surface area contributed by atoms with Crippen molar-refractivity contribution < 1.29 is 40.6 Å². The van der Waals surface area contributed by atoms with Crippen LogP contribution in [0.4, 0.5) is 32.0 Å². The van der Waals surface area contributed by atoms with E-state index in [1.165, 1.54) is 6.07 Å². The van der Waals surface area contributed by atoms with E-state index in [1.54, 1.807) is 17.0 Å². The fraction of sp³-hybridized carbons (Fsp3) is 0.406. The summed E-state index contributed by atoms with van der Waals surface area (Å²) < 4.78 is 95.0. The first-order chi connectivity index (χ1) is 20.0. The summed E-state index contributed by atoms with van der Waals surface area (Å²) in [5, 5.41) is 0. The third kappa shape index (κ3) is 4.20. The van der Waals surface area contributed by atoms with Crippen molar-refractivity contribution in [2.24, 2.45) is 0 Å². The van der Waals surface area contributed by atoms with Crippen LogP contribution in [0.5, 0.6) is 5.75 Å². The predicted molar refractivity (Wildman–Crippen MR) is 143 cm³/mol. The van der Waals surface area contributed by atoms with Gasteiger partial charge in [-0.15, -0.1) is 0 Å². The van der Waals surface area contributed by atoms with Crippen molar-refractivity contribution in [2.75, 3.05) is 24.7 Å². The molecule has 4 aliphatic rings. The second-order valence-electron chi connectivity index (χ2n) is 11.5. The summed E-state index contributed by atoms with van der Waals surface area (Å²) in [5.74, 6) is 0.539. The van der Waals surface area contributed by atoms with Crippen LogP contribution in [0.3, 0.4) is 0 Å². The summed E-state index contributed by atoms with van der Waals surface area (Å²) in [4.78, 5) is 16.3. The molecule has 2 atom stereocenters. The van der Waals surface area contributed by atoms with Gasteiger partial charge in [0.15, 0.2) is 0 Å². The average Bonchev–Trinajstić information content (AvgIpc) is 3.68. The average molecular weight is 588 g/mol. The number of amides is 1. The SMILES string of the molecule is O=C1N(C[C@H]2CCCO2)c2cccc(-c3cc(C(F)(F)F)cc(C(F)(F)F)c3)c2C12CCCc1cc3c(cc12)CCO3. The van der Waals surface area contributed by atoms with Crippen molar-refractivity contribution in [1.82, 2.24) is 0 Å². The molecule has 1 saturated heterocycles. The van der Waals surface area contributed by atoms with E-state index >= 15 is 0 Å². The van der Waals surface area contributed by atoms with Crippen LogP contribution < -0.4 is 9.64 Å². The second-order valence-corrected chi connectivity index (χ2v) is 11.5. The quantitative estimate of drug-likeness (QED) is 0.299. The third-order valence-electron chi connectivity index (χ3n) is 9.05. The maximum absolute atomic E-state index is 14.7. The van der Waals surface area contributed by atoms with Gasteiger partial charge < -0.3 is 14.4 Å². The number of aryl methyl sites for hydroxylation is 1. The van der Waals surface area contributed by atoms with Crippen LogP contribution in [0.15, 0.2) is 48.5 Å². The number of hydrogen-bond acceptors (Lipinski definition) is 3. The van der Waals surface area contributed by atoms with Crippen LogP contribution >= 0.6 is 0 Å². The number of halogens is 6. The number of benzene rings is 3. The Morgan fingerprint density at radius 1 is 0.881 bits per heavy atom. The lowest BCUT2D eigenvalue weighted by molar-refractivity contribution is -0.143. The molecule has 3 aliphatic heterocycles. The molecule has 0 N–H and O–H groups in total. The van der Waals surface area contributed by atoms with Crippen LogP contribution in [-0.4, -0.2) is 31.8 Å². The molecule has 4 nitrogen and oxygen atoms in total. The zero-order chi connectivity index (χ0) is 29.4. The van der Waals surface area contributed by atoms with Gasteiger partial charge in [-0.3, -0.25) is 4.79 Å². The maximum atomic E-state index is 14.7. The zero-order valence-corrected chi connectivity index (χ0v) is 22.5. The largest absolute Gasteiger partial charge is 0.493 e. The fourth-order valence-corrected chi connectivity index (χ4v) is 7.22. The van der Waals surface area contributed by atoms with Gasteiger partial charge in [0, 0.05) is 24.3 Å². The number of anilines is 1. The Morgan fingerprint density at radius 3 is 2.33 bits per heavy atom. The van der Waals surface area contributed by atoms with E-state index in [4.69, 9.17) is 9.47 Å². The normalized spacial score (nSPS) is 23.2. The lowest BCUT2D eigenvalue weighted by Gasteiger charge is -2.36. The predicted octanol–water partition coefficient (Wildman–Crippen LogP) is 7.47. The molecule has 0 bridgehead atoms. The van der Waals surface area contributed by atoms with Crippen LogP contribution in [0, 0.1) is 0 Å². The van der Waals surface area contributed by atoms with Crippen molar-refractivity contribution >= 4 is 11.6 Å². The van der Waals surface area contributed by atoms with E-state index in [0.29, 0.717) is 50.1 Å². The smallest absolute Gasteiger partial charge is 0.416 e. The van der Waals surface area contributed by atoms with E-state index in [0.717, 1.165) is 47.4 Å². The molecular weight excluding hydrogens is 560 g/mol. The van der Waals surface area contributed by atoms with Gasteiger partial charge in [0.05, 0.1) is 30.4 Å². The monoisotopic (exact) mass is 587 g/mol. The van der Waals surface area contributed by atoms with Gasteiger partial charge in [0.25, 0.3) is 0 Å². The summed E-state index contributed by atoms with van der Waals surface area (Å²) in [5.41, 5.74) is -0.500. The van der Waals surface area contributed by atoms with Crippen molar-refractivity contribution in [3.05, 3.63) is 81.9 Å². The highest BCUT2D eigenvalue weighted by molar-refractivity contribution is 6.13. The summed E-state index contributed by atoms with van der Waals surface area (Å²) >= 11 is 0. The van der Waals surface area contributed by atoms with Crippen LogP contribution in [0.2, 0.25) is 0 Å². The topological polar surface area (TPSA) is 38.8 Å².